The smallest absolute Gasteiger partial charge is 0.253 e. The van der Waals surface area contributed by atoms with Gasteiger partial charge in [-0.2, -0.15) is 9.40 Å². The Labute approximate surface area is 197 Å². The Hall–Kier alpha value is -2.69. The minimum atomic E-state index is -3.63. The number of aromatic nitrogens is 3. The third-order valence-electron chi connectivity index (χ3n) is 6.19. The van der Waals surface area contributed by atoms with Crippen molar-refractivity contribution in [2.45, 2.75) is 31.6 Å². The zero-order chi connectivity index (χ0) is 23.9. The average molecular weight is 492 g/mol. The second kappa shape index (κ2) is 8.92. The second-order valence-electron chi connectivity index (χ2n) is 8.23. The molecule has 0 unspecified atom stereocenters. The number of nitrogens with zero attached hydrogens (tertiary/aromatic N) is 4. The summed E-state index contributed by atoms with van der Waals surface area (Å²) >= 11 is 5.85. The number of benzene rings is 1. The van der Waals surface area contributed by atoms with E-state index in [9.17, 15) is 18.0 Å². The molecular weight excluding hydrogens is 466 g/mol. The van der Waals surface area contributed by atoms with Crippen LogP contribution in [0.3, 0.4) is 0 Å². The van der Waals surface area contributed by atoms with Crippen LogP contribution >= 0.6 is 11.6 Å². The molecule has 0 spiro atoms. The number of hydrogen-bond acceptors (Lipinski definition) is 5. The van der Waals surface area contributed by atoms with Crippen molar-refractivity contribution < 1.29 is 13.2 Å². The van der Waals surface area contributed by atoms with Gasteiger partial charge in [0.25, 0.3) is 5.56 Å². The maximum atomic E-state index is 12.8. The number of aryl methyl sites for hydroxylation is 3. The molecule has 1 aromatic carbocycles. The number of fused-ring (bicyclic) bond motifs is 1. The number of pyridine rings is 1. The van der Waals surface area contributed by atoms with Crippen LogP contribution < -0.4 is 5.56 Å². The van der Waals surface area contributed by atoms with Crippen molar-refractivity contribution in [3.8, 4) is 0 Å². The molecule has 0 radical (unpaired) electrons. The summed E-state index contributed by atoms with van der Waals surface area (Å²) in [6.07, 6.45) is 0.492. The lowest BCUT2D eigenvalue weighted by molar-refractivity contribution is -0.132. The number of amides is 1. The van der Waals surface area contributed by atoms with E-state index < -0.39 is 10.0 Å². The van der Waals surface area contributed by atoms with E-state index in [2.05, 4.69) is 10.1 Å². The van der Waals surface area contributed by atoms with Gasteiger partial charge in [-0.15, -0.1) is 0 Å². The number of piperazine rings is 1. The molecule has 11 heteroatoms. The number of aromatic amines is 1. The van der Waals surface area contributed by atoms with Gasteiger partial charge in [-0.1, -0.05) is 11.6 Å². The summed E-state index contributed by atoms with van der Waals surface area (Å²) in [5.41, 5.74) is 2.70. The van der Waals surface area contributed by atoms with Crippen molar-refractivity contribution in [3.63, 3.8) is 0 Å². The molecule has 1 aliphatic rings. The molecule has 33 heavy (non-hydrogen) atoms. The van der Waals surface area contributed by atoms with E-state index in [4.69, 9.17) is 11.6 Å². The van der Waals surface area contributed by atoms with Crippen molar-refractivity contribution in [2.75, 3.05) is 26.2 Å². The van der Waals surface area contributed by atoms with E-state index in [-0.39, 0.29) is 35.9 Å². The van der Waals surface area contributed by atoms with E-state index in [1.165, 1.54) is 16.4 Å². The zero-order valence-electron chi connectivity index (χ0n) is 18.8. The first-order valence-corrected chi connectivity index (χ1v) is 12.5. The number of carbonyl (C=O) groups excluding carboxylic acids is 1. The molecule has 1 aliphatic heterocycles. The van der Waals surface area contributed by atoms with Crippen molar-refractivity contribution in [3.05, 3.63) is 56.5 Å². The molecule has 2 aromatic heterocycles. The molecule has 1 fully saturated rings. The van der Waals surface area contributed by atoms with Gasteiger partial charge in [0, 0.05) is 55.6 Å². The molecule has 9 nitrogen and oxygen atoms in total. The molecule has 4 rings (SSSR count). The van der Waals surface area contributed by atoms with Crippen molar-refractivity contribution >= 4 is 38.6 Å². The van der Waals surface area contributed by atoms with Gasteiger partial charge in [0.2, 0.25) is 15.9 Å². The number of carbonyl (C=O) groups is 1. The van der Waals surface area contributed by atoms with Gasteiger partial charge >= 0.3 is 0 Å². The van der Waals surface area contributed by atoms with Crippen LogP contribution in [-0.4, -0.2) is 64.5 Å². The lowest BCUT2D eigenvalue weighted by Crippen LogP contribution is -2.50. The molecule has 0 atom stereocenters. The summed E-state index contributed by atoms with van der Waals surface area (Å²) in [4.78, 5) is 30.1. The summed E-state index contributed by atoms with van der Waals surface area (Å²) in [6.45, 7) is 4.82. The first kappa shape index (κ1) is 23.5. The first-order valence-electron chi connectivity index (χ1n) is 10.7. The van der Waals surface area contributed by atoms with Gasteiger partial charge in [-0.3, -0.25) is 14.3 Å². The highest BCUT2D eigenvalue weighted by Crippen LogP contribution is 2.22. The minimum Gasteiger partial charge on any atom is -0.340 e. The largest absolute Gasteiger partial charge is 0.340 e. The fraction of sp³-hybridized carbons (Fsp3) is 0.409. The summed E-state index contributed by atoms with van der Waals surface area (Å²) in [5, 5.41) is 5.74. The Kier molecular flexibility index (Phi) is 6.35. The van der Waals surface area contributed by atoms with Crippen LogP contribution in [0.1, 0.15) is 23.2 Å². The van der Waals surface area contributed by atoms with E-state index in [1.807, 2.05) is 13.8 Å². The molecule has 0 saturated carbocycles. The fourth-order valence-electron chi connectivity index (χ4n) is 4.38. The summed E-state index contributed by atoms with van der Waals surface area (Å²) in [5.74, 6) is -0.0969. The van der Waals surface area contributed by atoms with Crippen molar-refractivity contribution in [1.29, 1.82) is 0 Å². The van der Waals surface area contributed by atoms with E-state index in [0.29, 0.717) is 35.7 Å². The number of hydrogen-bond donors (Lipinski definition) is 1. The van der Waals surface area contributed by atoms with Crippen LogP contribution in [0, 0.1) is 13.8 Å². The van der Waals surface area contributed by atoms with E-state index >= 15 is 0 Å². The highest BCUT2D eigenvalue weighted by atomic mass is 35.5. The standard InChI is InChI=1S/C22H26ClN5O4S/c1-14-18(22(30)24-21-20(14)15(2)25-26(21)3)8-9-19(29)27-10-12-28(13-11-27)33(31,32)17-6-4-16(23)5-7-17/h4-7H,8-13H2,1-3H3,(H,24,30). The summed E-state index contributed by atoms with van der Waals surface area (Å²) < 4.78 is 28.7. The predicted octanol–water partition coefficient (Wildman–Crippen LogP) is 2.00. The molecule has 1 amide bonds. The highest BCUT2D eigenvalue weighted by molar-refractivity contribution is 7.89. The van der Waals surface area contributed by atoms with Gasteiger partial charge in [-0.25, -0.2) is 8.42 Å². The number of rotatable bonds is 5. The predicted molar refractivity (Wildman–Crippen MR) is 126 cm³/mol. The van der Waals surface area contributed by atoms with E-state index in [0.717, 1.165) is 16.6 Å². The minimum absolute atomic E-state index is 0.0969. The maximum Gasteiger partial charge on any atom is 0.253 e. The Bertz CT molecular complexity index is 1370. The zero-order valence-corrected chi connectivity index (χ0v) is 20.3. The normalized spacial score (nSPS) is 15.3. The van der Waals surface area contributed by atoms with E-state index in [1.54, 1.807) is 28.8 Å². The second-order valence-corrected chi connectivity index (χ2v) is 10.6. The highest BCUT2D eigenvalue weighted by Gasteiger charge is 2.30. The Morgan fingerprint density at radius 1 is 1.12 bits per heavy atom. The van der Waals surface area contributed by atoms with Crippen LogP contribution in [0.25, 0.3) is 11.0 Å². The summed E-state index contributed by atoms with van der Waals surface area (Å²) in [6, 6.07) is 6.05. The van der Waals surface area contributed by atoms with Crippen LogP contribution in [0.4, 0.5) is 0 Å². The maximum absolute atomic E-state index is 12.8. The Balaban J connectivity index is 1.41. The third-order valence-corrected chi connectivity index (χ3v) is 8.35. The molecular formula is C22H26ClN5O4S. The average Bonchev–Trinajstić information content (AvgIpc) is 3.06. The summed E-state index contributed by atoms with van der Waals surface area (Å²) in [7, 11) is -1.86. The topological polar surface area (TPSA) is 108 Å². The number of sulfonamides is 1. The van der Waals surface area contributed by atoms with Crippen LogP contribution in [0.5, 0.6) is 0 Å². The molecule has 1 N–H and O–H groups in total. The Morgan fingerprint density at radius 2 is 1.76 bits per heavy atom. The fourth-order valence-corrected chi connectivity index (χ4v) is 5.93. The van der Waals surface area contributed by atoms with Crippen LogP contribution in [0.15, 0.2) is 34.0 Å². The van der Waals surface area contributed by atoms with Gasteiger partial charge < -0.3 is 9.88 Å². The molecule has 0 bridgehead atoms. The quantitative estimate of drug-likeness (QED) is 0.587. The van der Waals surface area contributed by atoms with Crippen LogP contribution in [-0.2, 0) is 28.3 Å². The Morgan fingerprint density at radius 3 is 2.39 bits per heavy atom. The molecule has 176 valence electrons. The third kappa shape index (κ3) is 4.42. The van der Waals surface area contributed by atoms with Crippen molar-refractivity contribution in [2.24, 2.45) is 7.05 Å². The lowest BCUT2D eigenvalue weighted by atomic mass is 10.0. The first-order chi connectivity index (χ1) is 15.6. The number of nitrogens with one attached hydrogen (secondary N) is 1. The lowest BCUT2D eigenvalue weighted by Gasteiger charge is -2.34. The monoisotopic (exact) mass is 491 g/mol. The molecule has 1 saturated heterocycles. The van der Waals surface area contributed by atoms with Gasteiger partial charge in [-0.05, 0) is 50.1 Å². The van der Waals surface area contributed by atoms with Crippen LogP contribution in [0.2, 0.25) is 5.02 Å². The van der Waals surface area contributed by atoms with Gasteiger partial charge in [0.05, 0.1) is 10.6 Å². The molecule has 3 aromatic rings. The van der Waals surface area contributed by atoms with Gasteiger partial charge in [0.1, 0.15) is 5.65 Å². The molecule has 0 aliphatic carbocycles. The number of halogens is 1. The van der Waals surface area contributed by atoms with Gasteiger partial charge in [0.15, 0.2) is 0 Å². The number of H-pyrrole nitrogens is 1. The van der Waals surface area contributed by atoms with Crippen molar-refractivity contribution in [1.82, 2.24) is 24.0 Å². The molecule has 3 heterocycles. The SMILES string of the molecule is Cc1nn(C)c2[nH]c(=O)c(CCC(=O)N3CCN(S(=O)(=O)c4ccc(Cl)cc4)CC3)c(C)c12.